The van der Waals surface area contributed by atoms with E-state index in [9.17, 15) is 4.79 Å². The fraction of sp³-hybridized carbons (Fsp3) is 0.389. The third-order valence-electron chi connectivity index (χ3n) is 3.74. The molecule has 0 bridgehead atoms. The maximum atomic E-state index is 12.2. The first-order chi connectivity index (χ1) is 9.78. The van der Waals surface area contributed by atoms with Crippen LogP contribution in [-0.2, 0) is 4.79 Å². The van der Waals surface area contributed by atoms with Crippen molar-refractivity contribution in [3.8, 4) is 0 Å². The summed E-state index contributed by atoms with van der Waals surface area (Å²) in [6, 6.07) is 8.23. The molecule has 0 radical (unpaired) electrons. The summed E-state index contributed by atoms with van der Waals surface area (Å²) in [6.45, 7) is 7.95. The molecule has 1 aromatic carbocycles. The predicted molar refractivity (Wildman–Crippen MR) is 87.5 cm³/mol. The van der Waals surface area contributed by atoms with E-state index in [-0.39, 0.29) is 5.91 Å². The molecule has 0 aromatic heterocycles. The number of quaternary nitrogens is 1. The second-order valence-electron chi connectivity index (χ2n) is 6.73. The van der Waals surface area contributed by atoms with Gasteiger partial charge in [0.2, 0.25) is 0 Å². The summed E-state index contributed by atoms with van der Waals surface area (Å²) >= 11 is 0. The van der Waals surface area contributed by atoms with Crippen molar-refractivity contribution in [3.05, 3.63) is 53.7 Å². The van der Waals surface area contributed by atoms with E-state index in [0.29, 0.717) is 0 Å². The first-order valence-corrected chi connectivity index (χ1v) is 7.38. The highest BCUT2D eigenvalue weighted by molar-refractivity contribution is 6.06. The fourth-order valence-electron chi connectivity index (χ4n) is 2.49. The van der Waals surface area contributed by atoms with Gasteiger partial charge in [-0.05, 0) is 12.5 Å². The molecular weight excluding hydrogens is 260 g/mol. The van der Waals surface area contributed by atoms with Crippen molar-refractivity contribution >= 4 is 11.5 Å². The summed E-state index contributed by atoms with van der Waals surface area (Å²) in [7, 11) is 6.49. The zero-order valence-electron chi connectivity index (χ0n) is 13.5. The minimum Gasteiger partial charge on any atom is -0.331 e. The Kier molecular flexibility index (Phi) is 4.33. The number of carbonyl (C=O) groups excluding carboxylic acids is 1. The average molecular weight is 285 g/mol. The van der Waals surface area contributed by atoms with Crippen LogP contribution >= 0.6 is 0 Å². The molecule has 3 heteroatoms. The van der Waals surface area contributed by atoms with Crippen molar-refractivity contribution in [2.75, 3.05) is 34.2 Å². The number of hydrogen-bond donors (Lipinski definition) is 0. The molecule has 0 fully saturated rings. The number of amides is 1. The van der Waals surface area contributed by atoms with E-state index in [2.05, 4.69) is 58.9 Å². The van der Waals surface area contributed by atoms with Crippen LogP contribution in [-0.4, -0.2) is 49.5 Å². The SMILES string of the molecule is C=C1C(c2ccc(C)cc2)=CC(=O)N1CCC[N+](C)(C)C. The second kappa shape index (κ2) is 5.86. The van der Waals surface area contributed by atoms with Crippen LogP contribution < -0.4 is 0 Å². The van der Waals surface area contributed by atoms with Crippen LogP contribution in [0.1, 0.15) is 17.5 Å². The number of benzene rings is 1. The molecular formula is C18H25N2O+. The third kappa shape index (κ3) is 3.82. The number of nitrogens with zero attached hydrogens (tertiary/aromatic N) is 2. The number of hydrogen-bond acceptors (Lipinski definition) is 1. The summed E-state index contributed by atoms with van der Waals surface area (Å²) in [5, 5.41) is 0. The normalized spacial score (nSPS) is 15.6. The van der Waals surface area contributed by atoms with Gasteiger partial charge in [-0.2, -0.15) is 0 Å². The molecule has 0 saturated heterocycles. The molecule has 1 aliphatic rings. The van der Waals surface area contributed by atoms with E-state index in [4.69, 9.17) is 0 Å². The van der Waals surface area contributed by atoms with Crippen LogP contribution in [0.5, 0.6) is 0 Å². The molecule has 1 amide bonds. The van der Waals surface area contributed by atoms with E-state index in [1.54, 1.807) is 11.0 Å². The Morgan fingerprint density at radius 2 is 1.76 bits per heavy atom. The van der Waals surface area contributed by atoms with Gasteiger partial charge >= 0.3 is 0 Å². The van der Waals surface area contributed by atoms with Crippen molar-refractivity contribution in [2.45, 2.75) is 13.3 Å². The molecule has 0 atom stereocenters. The Bertz CT molecular complexity index is 576. The summed E-state index contributed by atoms with van der Waals surface area (Å²) in [4.78, 5) is 14.0. The molecule has 0 aliphatic carbocycles. The summed E-state index contributed by atoms with van der Waals surface area (Å²) in [5.41, 5.74) is 4.05. The maximum Gasteiger partial charge on any atom is 0.251 e. The standard InChI is InChI=1S/C18H25N2O/c1-14-7-9-16(10-8-14)17-13-18(21)19(15(17)2)11-6-12-20(3,4)5/h7-10,13H,2,6,11-12H2,1,3-5H3/q+1. The van der Waals surface area contributed by atoms with Gasteiger partial charge in [-0.25, -0.2) is 0 Å². The summed E-state index contributed by atoms with van der Waals surface area (Å²) in [6.07, 6.45) is 2.68. The third-order valence-corrected chi connectivity index (χ3v) is 3.74. The molecule has 1 heterocycles. The smallest absolute Gasteiger partial charge is 0.251 e. The Balaban J connectivity index is 2.05. The van der Waals surface area contributed by atoms with Gasteiger partial charge in [0.05, 0.1) is 27.7 Å². The van der Waals surface area contributed by atoms with Crippen LogP contribution in [0.2, 0.25) is 0 Å². The van der Waals surface area contributed by atoms with Crippen molar-refractivity contribution in [3.63, 3.8) is 0 Å². The van der Waals surface area contributed by atoms with Crippen LogP contribution in [0.4, 0.5) is 0 Å². The summed E-state index contributed by atoms with van der Waals surface area (Å²) in [5.74, 6) is 0.0528. The molecule has 0 N–H and O–H groups in total. The van der Waals surface area contributed by atoms with Gasteiger partial charge in [-0.15, -0.1) is 0 Å². The van der Waals surface area contributed by atoms with E-state index < -0.39 is 0 Å². The highest BCUT2D eigenvalue weighted by atomic mass is 16.2. The molecule has 21 heavy (non-hydrogen) atoms. The molecule has 1 aliphatic heterocycles. The quantitative estimate of drug-likeness (QED) is 0.762. The Morgan fingerprint density at radius 3 is 2.33 bits per heavy atom. The maximum absolute atomic E-state index is 12.2. The van der Waals surface area contributed by atoms with E-state index in [1.807, 2.05) is 0 Å². The molecule has 2 rings (SSSR count). The van der Waals surface area contributed by atoms with Gasteiger partial charge in [0.1, 0.15) is 0 Å². The molecule has 1 aromatic rings. The van der Waals surface area contributed by atoms with E-state index in [0.717, 1.165) is 40.8 Å². The topological polar surface area (TPSA) is 20.3 Å². The van der Waals surface area contributed by atoms with E-state index >= 15 is 0 Å². The van der Waals surface area contributed by atoms with Crippen molar-refractivity contribution in [2.24, 2.45) is 0 Å². The first kappa shape index (κ1) is 15.5. The Morgan fingerprint density at radius 1 is 1.14 bits per heavy atom. The van der Waals surface area contributed by atoms with Gasteiger partial charge in [0.25, 0.3) is 5.91 Å². The van der Waals surface area contributed by atoms with Crippen LogP contribution in [0.3, 0.4) is 0 Å². The Hall–Kier alpha value is -1.87. The molecule has 0 unspecified atom stereocenters. The highest BCUT2D eigenvalue weighted by Crippen LogP contribution is 2.30. The minimum absolute atomic E-state index is 0.0528. The number of allylic oxidation sites excluding steroid dienone is 1. The zero-order valence-corrected chi connectivity index (χ0v) is 13.5. The van der Waals surface area contributed by atoms with Gasteiger partial charge in [-0.3, -0.25) is 4.79 Å². The van der Waals surface area contributed by atoms with Crippen LogP contribution in [0, 0.1) is 6.92 Å². The van der Waals surface area contributed by atoms with Gasteiger partial charge in [0, 0.05) is 30.3 Å². The molecule has 3 nitrogen and oxygen atoms in total. The minimum atomic E-state index is 0.0528. The van der Waals surface area contributed by atoms with Crippen LogP contribution in [0.15, 0.2) is 42.6 Å². The van der Waals surface area contributed by atoms with Gasteiger partial charge in [0.15, 0.2) is 0 Å². The first-order valence-electron chi connectivity index (χ1n) is 7.38. The van der Waals surface area contributed by atoms with E-state index in [1.165, 1.54) is 5.56 Å². The lowest BCUT2D eigenvalue weighted by molar-refractivity contribution is -0.870. The Labute approximate surface area is 127 Å². The second-order valence-corrected chi connectivity index (χ2v) is 6.73. The van der Waals surface area contributed by atoms with Crippen molar-refractivity contribution in [1.29, 1.82) is 0 Å². The molecule has 112 valence electrons. The predicted octanol–water partition coefficient (Wildman–Crippen LogP) is 2.83. The molecule has 0 spiro atoms. The largest absolute Gasteiger partial charge is 0.331 e. The van der Waals surface area contributed by atoms with Gasteiger partial charge in [-0.1, -0.05) is 36.4 Å². The zero-order chi connectivity index (χ0) is 15.6. The fourth-order valence-corrected chi connectivity index (χ4v) is 2.49. The van der Waals surface area contributed by atoms with Crippen molar-refractivity contribution < 1.29 is 9.28 Å². The number of carbonyl (C=O) groups is 1. The molecule has 0 saturated carbocycles. The number of aryl methyl sites for hydroxylation is 1. The number of rotatable bonds is 5. The lowest BCUT2D eigenvalue weighted by Crippen LogP contribution is -2.37. The average Bonchev–Trinajstić information content (AvgIpc) is 2.66. The summed E-state index contributed by atoms with van der Waals surface area (Å²) < 4.78 is 0.909. The van der Waals surface area contributed by atoms with Gasteiger partial charge < -0.3 is 9.38 Å². The lowest BCUT2D eigenvalue weighted by atomic mass is 10.0. The highest BCUT2D eigenvalue weighted by Gasteiger charge is 2.26. The lowest BCUT2D eigenvalue weighted by Gasteiger charge is -2.26. The van der Waals surface area contributed by atoms with Crippen LogP contribution in [0.25, 0.3) is 5.57 Å². The monoisotopic (exact) mass is 285 g/mol. The van der Waals surface area contributed by atoms with Crippen molar-refractivity contribution in [1.82, 2.24) is 4.90 Å².